The van der Waals surface area contributed by atoms with Gasteiger partial charge in [0, 0.05) is 24.5 Å². The number of amides is 1. The Hall–Kier alpha value is -0.280. The number of carbonyl (C=O) groups is 1. The largest absolute Gasteiger partial charge is 0.339 e. The molecule has 2 saturated carbocycles. The molecule has 3 unspecified atom stereocenters. The Bertz CT molecular complexity index is 357. The van der Waals surface area contributed by atoms with Crippen LogP contribution in [-0.4, -0.2) is 29.4 Å². The van der Waals surface area contributed by atoms with Gasteiger partial charge in [-0.2, -0.15) is 0 Å². The average molecular weight is 329 g/mol. The smallest absolute Gasteiger partial charge is 0.225 e. The number of halogens is 1. The highest BCUT2D eigenvalue weighted by Crippen LogP contribution is 2.34. The zero-order chi connectivity index (χ0) is 14.7. The van der Waals surface area contributed by atoms with E-state index >= 15 is 0 Å². The summed E-state index contributed by atoms with van der Waals surface area (Å²) in [5.74, 6) is 1.54. The molecule has 3 fully saturated rings. The lowest BCUT2D eigenvalue weighted by Gasteiger charge is -2.34. The molecule has 22 heavy (non-hydrogen) atoms. The van der Waals surface area contributed by atoms with Gasteiger partial charge in [-0.25, -0.2) is 0 Å². The van der Waals surface area contributed by atoms with Crippen molar-refractivity contribution >= 4 is 18.3 Å². The summed E-state index contributed by atoms with van der Waals surface area (Å²) in [7, 11) is 0. The van der Waals surface area contributed by atoms with Crippen molar-refractivity contribution in [3.63, 3.8) is 0 Å². The van der Waals surface area contributed by atoms with Gasteiger partial charge >= 0.3 is 0 Å². The zero-order valence-corrected chi connectivity index (χ0v) is 14.7. The van der Waals surface area contributed by atoms with Crippen LogP contribution < -0.4 is 5.73 Å². The molecule has 1 heterocycles. The summed E-state index contributed by atoms with van der Waals surface area (Å²) < 4.78 is 0. The van der Waals surface area contributed by atoms with Crippen LogP contribution in [0.3, 0.4) is 0 Å². The molecule has 0 radical (unpaired) electrons. The molecule has 3 aliphatic rings. The van der Waals surface area contributed by atoms with Crippen LogP contribution in [0.2, 0.25) is 0 Å². The number of likely N-dealkylation sites (tertiary alicyclic amines) is 1. The van der Waals surface area contributed by atoms with Crippen LogP contribution in [0.1, 0.15) is 77.0 Å². The maximum Gasteiger partial charge on any atom is 0.225 e. The van der Waals surface area contributed by atoms with Gasteiger partial charge in [0.15, 0.2) is 0 Å². The van der Waals surface area contributed by atoms with Gasteiger partial charge in [0.2, 0.25) is 5.91 Å². The fourth-order valence-corrected chi connectivity index (χ4v) is 4.86. The third-order valence-electron chi connectivity index (χ3n) is 6.05. The standard InChI is InChI=1S/C18H32N2O.ClH/c19-16-9-4-8-15(13-16)18(21)20-11-5-10-17(20)12-14-6-2-1-3-7-14;/h14-17H,1-13,19H2;1H. The van der Waals surface area contributed by atoms with Gasteiger partial charge in [-0.3, -0.25) is 4.79 Å². The maximum atomic E-state index is 12.9. The van der Waals surface area contributed by atoms with E-state index in [0.717, 1.165) is 38.1 Å². The van der Waals surface area contributed by atoms with Crippen LogP contribution in [0, 0.1) is 11.8 Å². The molecule has 0 aromatic rings. The van der Waals surface area contributed by atoms with Gasteiger partial charge in [0.1, 0.15) is 0 Å². The van der Waals surface area contributed by atoms with Crippen molar-refractivity contribution < 1.29 is 4.79 Å². The van der Waals surface area contributed by atoms with Gasteiger partial charge in [-0.1, -0.05) is 38.5 Å². The van der Waals surface area contributed by atoms with Crippen LogP contribution in [0.4, 0.5) is 0 Å². The van der Waals surface area contributed by atoms with Crippen molar-refractivity contribution in [2.45, 2.75) is 89.1 Å². The summed E-state index contributed by atoms with van der Waals surface area (Å²) in [5.41, 5.74) is 6.07. The van der Waals surface area contributed by atoms with Crippen LogP contribution in [0.5, 0.6) is 0 Å². The van der Waals surface area contributed by atoms with Gasteiger partial charge in [0.05, 0.1) is 0 Å². The summed E-state index contributed by atoms with van der Waals surface area (Å²) >= 11 is 0. The van der Waals surface area contributed by atoms with Crippen molar-refractivity contribution in [1.82, 2.24) is 4.90 Å². The van der Waals surface area contributed by atoms with E-state index in [-0.39, 0.29) is 24.4 Å². The molecule has 0 aromatic heterocycles. The molecule has 2 aliphatic carbocycles. The topological polar surface area (TPSA) is 46.3 Å². The van der Waals surface area contributed by atoms with Crippen LogP contribution in [0.25, 0.3) is 0 Å². The first-order valence-electron chi connectivity index (χ1n) is 9.30. The first kappa shape index (κ1) is 18.1. The Kier molecular flexibility index (Phi) is 7.01. The van der Waals surface area contributed by atoms with Crippen molar-refractivity contribution in [3.05, 3.63) is 0 Å². The number of hydrogen-bond donors (Lipinski definition) is 1. The lowest BCUT2D eigenvalue weighted by Crippen LogP contribution is -2.43. The fourth-order valence-electron chi connectivity index (χ4n) is 4.86. The Morgan fingerprint density at radius 2 is 1.73 bits per heavy atom. The van der Waals surface area contributed by atoms with Crippen LogP contribution in [0.15, 0.2) is 0 Å². The number of nitrogens with zero attached hydrogens (tertiary/aromatic N) is 1. The summed E-state index contributed by atoms with van der Waals surface area (Å²) in [6.07, 6.45) is 15.0. The van der Waals surface area contributed by atoms with Crippen LogP contribution >= 0.6 is 12.4 Å². The first-order valence-corrected chi connectivity index (χ1v) is 9.30. The number of rotatable bonds is 3. The Labute approximate surface area is 141 Å². The maximum absolute atomic E-state index is 12.9. The lowest BCUT2D eigenvalue weighted by molar-refractivity contribution is -0.137. The molecular formula is C18H33ClN2O. The molecule has 2 N–H and O–H groups in total. The number of carbonyl (C=O) groups excluding carboxylic acids is 1. The van der Waals surface area contributed by atoms with Crippen molar-refractivity contribution in [3.8, 4) is 0 Å². The van der Waals surface area contributed by atoms with Crippen molar-refractivity contribution in [2.24, 2.45) is 17.6 Å². The molecule has 0 spiro atoms. The molecule has 0 aromatic carbocycles. The SMILES string of the molecule is Cl.NC1CCCC(C(=O)N2CCCC2CC2CCCCC2)C1. The van der Waals surface area contributed by atoms with E-state index in [4.69, 9.17) is 5.73 Å². The van der Waals surface area contributed by atoms with Crippen LogP contribution in [-0.2, 0) is 4.79 Å². The predicted molar refractivity (Wildman–Crippen MR) is 93.1 cm³/mol. The minimum atomic E-state index is 0. The third-order valence-corrected chi connectivity index (χ3v) is 6.05. The molecule has 3 nitrogen and oxygen atoms in total. The van der Waals surface area contributed by atoms with E-state index in [0.29, 0.717) is 11.9 Å². The van der Waals surface area contributed by atoms with E-state index in [1.54, 1.807) is 0 Å². The highest BCUT2D eigenvalue weighted by atomic mass is 35.5. The second-order valence-corrected chi connectivity index (χ2v) is 7.69. The zero-order valence-electron chi connectivity index (χ0n) is 13.8. The van der Waals surface area contributed by atoms with Gasteiger partial charge in [-0.15, -0.1) is 12.4 Å². The van der Waals surface area contributed by atoms with Crippen molar-refractivity contribution in [1.29, 1.82) is 0 Å². The molecule has 1 aliphatic heterocycles. The molecule has 1 amide bonds. The minimum Gasteiger partial charge on any atom is -0.339 e. The van der Waals surface area contributed by atoms with E-state index in [2.05, 4.69) is 4.90 Å². The minimum absolute atomic E-state index is 0. The van der Waals surface area contributed by atoms with E-state index < -0.39 is 0 Å². The Morgan fingerprint density at radius 3 is 2.45 bits per heavy atom. The number of nitrogens with two attached hydrogens (primary N) is 1. The summed E-state index contributed by atoms with van der Waals surface area (Å²) in [6.45, 7) is 1.00. The molecule has 3 rings (SSSR count). The monoisotopic (exact) mass is 328 g/mol. The van der Waals surface area contributed by atoms with Gasteiger partial charge in [0.25, 0.3) is 0 Å². The predicted octanol–water partition coefficient (Wildman–Crippen LogP) is 3.89. The third kappa shape index (κ3) is 4.38. The Balaban J connectivity index is 0.00000176. The van der Waals surface area contributed by atoms with Gasteiger partial charge < -0.3 is 10.6 Å². The quantitative estimate of drug-likeness (QED) is 0.854. The molecule has 0 bridgehead atoms. The van der Waals surface area contributed by atoms with Gasteiger partial charge in [-0.05, 0) is 44.4 Å². The fraction of sp³-hybridized carbons (Fsp3) is 0.944. The molecule has 3 atom stereocenters. The second-order valence-electron chi connectivity index (χ2n) is 7.69. The highest BCUT2D eigenvalue weighted by molar-refractivity contribution is 5.85. The average Bonchev–Trinajstić information content (AvgIpc) is 2.95. The normalized spacial score (nSPS) is 33.5. The molecule has 1 saturated heterocycles. The highest BCUT2D eigenvalue weighted by Gasteiger charge is 2.35. The summed E-state index contributed by atoms with van der Waals surface area (Å²) in [5, 5.41) is 0. The lowest BCUT2D eigenvalue weighted by atomic mass is 9.83. The Morgan fingerprint density at radius 1 is 0.955 bits per heavy atom. The summed E-state index contributed by atoms with van der Waals surface area (Å²) in [4.78, 5) is 15.1. The first-order chi connectivity index (χ1) is 10.2. The second kappa shape index (κ2) is 8.54. The number of hydrogen-bond acceptors (Lipinski definition) is 2. The van der Waals surface area contributed by atoms with Crippen molar-refractivity contribution in [2.75, 3.05) is 6.54 Å². The van der Waals surface area contributed by atoms with E-state index in [1.165, 1.54) is 51.4 Å². The molecular weight excluding hydrogens is 296 g/mol. The van der Waals surface area contributed by atoms with E-state index in [1.807, 2.05) is 0 Å². The van der Waals surface area contributed by atoms with E-state index in [9.17, 15) is 4.79 Å². The molecule has 128 valence electrons. The molecule has 4 heteroatoms. The summed E-state index contributed by atoms with van der Waals surface area (Å²) in [6, 6.07) is 0.797.